The van der Waals surface area contributed by atoms with Crippen molar-refractivity contribution in [2.75, 3.05) is 0 Å². The molecule has 4 rings (SSSR count). The molecule has 3 heterocycles. The number of rotatable bonds is 12. The number of hydrogen-bond donors (Lipinski definition) is 4. The fraction of sp³-hybridized carbons (Fsp3) is 0.306. The van der Waals surface area contributed by atoms with Crippen LogP contribution >= 0.6 is 0 Å². The molecular weight excluding hydrogens is 590 g/mol. The first-order valence-electron chi connectivity index (χ1n) is 15.4. The molecule has 1 amide bonds. The Morgan fingerprint density at radius 2 is 1.32 bits per heavy atom. The van der Waals surface area contributed by atoms with Gasteiger partial charge in [0, 0.05) is 43.8 Å². The fourth-order valence-corrected chi connectivity index (χ4v) is 4.02. The van der Waals surface area contributed by atoms with E-state index < -0.39 is 12.1 Å². The molecular formula is C36H43N9O2. The van der Waals surface area contributed by atoms with E-state index in [4.69, 9.17) is 27.7 Å². The largest absolute Gasteiger partial charge is 0.345 e. The van der Waals surface area contributed by atoms with Gasteiger partial charge in [0.05, 0.1) is 34.6 Å². The van der Waals surface area contributed by atoms with Gasteiger partial charge in [-0.15, -0.1) is 0 Å². The summed E-state index contributed by atoms with van der Waals surface area (Å²) in [6.07, 6.45) is 7.95. The zero-order valence-corrected chi connectivity index (χ0v) is 27.0. The molecule has 47 heavy (non-hydrogen) atoms. The lowest BCUT2D eigenvalue weighted by Gasteiger charge is -2.17. The minimum absolute atomic E-state index is 0.0264. The van der Waals surface area contributed by atoms with Crippen molar-refractivity contribution >= 4 is 11.7 Å². The number of aryl methyl sites for hydroxylation is 3. The predicted octanol–water partition coefficient (Wildman–Crippen LogP) is 3.43. The van der Waals surface area contributed by atoms with Crippen LogP contribution in [0.25, 0.3) is 0 Å². The number of aromatic nitrogens is 3. The Bertz CT molecular complexity index is 1520. The van der Waals surface area contributed by atoms with Crippen molar-refractivity contribution in [2.45, 2.75) is 71.1 Å². The van der Waals surface area contributed by atoms with Crippen molar-refractivity contribution in [1.29, 1.82) is 10.5 Å². The van der Waals surface area contributed by atoms with Crippen molar-refractivity contribution in [2.24, 2.45) is 17.2 Å². The fourth-order valence-electron chi connectivity index (χ4n) is 4.02. The molecule has 0 saturated heterocycles. The van der Waals surface area contributed by atoms with Crippen molar-refractivity contribution in [3.63, 3.8) is 0 Å². The molecule has 4 aromatic rings. The molecule has 0 fully saturated rings. The van der Waals surface area contributed by atoms with E-state index in [-0.39, 0.29) is 11.7 Å². The second-order valence-corrected chi connectivity index (χ2v) is 10.5. The molecule has 0 spiro atoms. The van der Waals surface area contributed by atoms with Crippen LogP contribution in [0.2, 0.25) is 0 Å². The van der Waals surface area contributed by atoms with E-state index in [0.717, 1.165) is 41.1 Å². The minimum atomic E-state index is -0.631. The average molecular weight is 634 g/mol. The standard InChI is InChI=1S/C21H28N4O2.C8H8N2.C7H7N3/c1-15(20(26)12-9-17-7-10-18(13-22)24-14-17)25-21(27)19(23)11-8-16-5-3-2-4-6-16;1-2-8-4-3-7(5-9)6-10-8;8-3-6-1-2-7(4-9)10-5-6/h2-7,10,14-15,19H,8-9,11-13,22-23H2,1H3,(H,25,27);3-4,6H,2H2,1H3;1-2,5H,4,9H2/t15-,19+;;/m0../s1. The summed E-state index contributed by atoms with van der Waals surface area (Å²) in [7, 11) is 0. The second kappa shape index (κ2) is 21.4. The van der Waals surface area contributed by atoms with Gasteiger partial charge in [-0.3, -0.25) is 24.5 Å². The molecule has 0 radical (unpaired) electrons. The Morgan fingerprint density at radius 1 is 0.766 bits per heavy atom. The Labute approximate surface area is 276 Å². The summed E-state index contributed by atoms with van der Waals surface area (Å²) in [5.41, 5.74) is 22.7. The topological polar surface area (TPSA) is 210 Å². The van der Waals surface area contributed by atoms with Crippen LogP contribution in [0.3, 0.4) is 0 Å². The zero-order valence-electron chi connectivity index (χ0n) is 27.0. The second-order valence-electron chi connectivity index (χ2n) is 10.5. The van der Waals surface area contributed by atoms with Crippen LogP contribution in [-0.2, 0) is 41.9 Å². The van der Waals surface area contributed by atoms with Gasteiger partial charge in [0.25, 0.3) is 0 Å². The molecule has 0 aliphatic rings. The highest BCUT2D eigenvalue weighted by Crippen LogP contribution is 2.07. The first kappa shape index (κ1) is 37.9. The number of nitrogens with zero attached hydrogens (tertiary/aromatic N) is 5. The summed E-state index contributed by atoms with van der Waals surface area (Å²) in [5, 5.41) is 19.5. The van der Waals surface area contributed by atoms with Crippen molar-refractivity contribution in [1.82, 2.24) is 20.3 Å². The monoisotopic (exact) mass is 633 g/mol. The first-order valence-corrected chi connectivity index (χ1v) is 15.4. The average Bonchev–Trinajstić information content (AvgIpc) is 3.13. The van der Waals surface area contributed by atoms with Gasteiger partial charge in [-0.05, 0) is 74.1 Å². The highest BCUT2D eigenvalue weighted by molar-refractivity contribution is 5.90. The number of Topliss-reactive ketones (excluding diaryl/α,β-unsaturated/α-hetero) is 1. The Balaban J connectivity index is 0.000000310. The third-order valence-electron chi connectivity index (χ3n) is 7.00. The molecule has 0 bridgehead atoms. The summed E-state index contributed by atoms with van der Waals surface area (Å²) < 4.78 is 0. The number of hydrogen-bond acceptors (Lipinski definition) is 10. The van der Waals surface area contributed by atoms with Crippen molar-refractivity contribution < 1.29 is 9.59 Å². The molecule has 0 unspecified atom stereocenters. The van der Waals surface area contributed by atoms with Gasteiger partial charge in [-0.2, -0.15) is 10.5 Å². The molecule has 1 aromatic carbocycles. The SMILES string of the molecule is CCc1ccc(C#N)cn1.C[C@H](NC(=O)[C@H](N)CCc1ccccc1)C(=O)CCc1ccc(CN)nc1.N#Cc1ccc(CN)nc1. The summed E-state index contributed by atoms with van der Waals surface area (Å²) in [5.74, 6) is -0.317. The maximum Gasteiger partial charge on any atom is 0.237 e. The predicted molar refractivity (Wildman–Crippen MR) is 181 cm³/mol. The lowest BCUT2D eigenvalue weighted by Crippen LogP contribution is -2.47. The Morgan fingerprint density at radius 3 is 1.79 bits per heavy atom. The normalized spacial score (nSPS) is 11.2. The van der Waals surface area contributed by atoms with Crippen LogP contribution in [0.15, 0.2) is 85.3 Å². The van der Waals surface area contributed by atoms with Gasteiger partial charge in [0.15, 0.2) is 5.78 Å². The van der Waals surface area contributed by atoms with Gasteiger partial charge >= 0.3 is 0 Å². The number of ketones is 1. The Hall–Kier alpha value is -5.33. The van der Waals surface area contributed by atoms with E-state index in [9.17, 15) is 9.59 Å². The highest BCUT2D eigenvalue weighted by Gasteiger charge is 2.20. The van der Waals surface area contributed by atoms with Gasteiger partial charge in [-0.25, -0.2) is 0 Å². The molecule has 0 saturated carbocycles. The van der Waals surface area contributed by atoms with Gasteiger partial charge < -0.3 is 22.5 Å². The highest BCUT2D eigenvalue weighted by atomic mass is 16.2. The van der Waals surface area contributed by atoms with Crippen molar-refractivity contribution in [3.05, 3.63) is 125 Å². The van der Waals surface area contributed by atoms with Crippen LogP contribution in [0.4, 0.5) is 0 Å². The maximum absolute atomic E-state index is 12.3. The van der Waals surface area contributed by atoms with E-state index in [1.54, 1.807) is 37.5 Å². The van der Waals surface area contributed by atoms with Crippen molar-refractivity contribution in [3.8, 4) is 12.1 Å². The number of nitrogens with one attached hydrogen (secondary N) is 1. The number of amides is 1. The van der Waals surface area contributed by atoms with Crippen LogP contribution in [0, 0.1) is 22.7 Å². The smallest absolute Gasteiger partial charge is 0.237 e. The summed E-state index contributed by atoms with van der Waals surface area (Å²) >= 11 is 0. The van der Waals surface area contributed by atoms with Crippen LogP contribution in [-0.4, -0.2) is 38.7 Å². The number of benzene rings is 1. The summed E-state index contributed by atoms with van der Waals surface area (Å²) in [6, 6.07) is 23.6. The van der Waals surface area contributed by atoms with E-state index in [2.05, 4.69) is 20.3 Å². The van der Waals surface area contributed by atoms with Gasteiger partial charge in [0.1, 0.15) is 12.1 Å². The number of carbonyl (C=O) groups excluding carboxylic acids is 2. The molecule has 244 valence electrons. The molecule has 11 heteroatoms. The first-order chi connectivity index (χ1) is 22.7. The maximum atomic E-state index is 12.3. The minimum Gasteiger partial charge on any atom is -0.345 e. The number of nitrogens with two attached hydrogens (primary N) is 3. The van der Waals surface area contributed by atoms with E-state index in [1.807, 2.05) is 67.6 Å². The van der Waals surface area contributed by atoms with Crippen LogP contribution < -0.4 is 22.5 Å². The lowest BCUT2D eigenvalue weighted by atomic mass is 10.0. The van der Waals surface area contributed by atoms with E-state index in [0.29, 0.717) is 43.5 Å². The molecule has 3 aromatic heterocycles. The van der Waals surface area contributed by atoms with E-state index in [1.165, 1.54) is 6.20 Å². The lowest BCUT2D eigenvalue weighted by molar-refractivity contribution is -0.128. The molecule has 11 nitrogen and oxygen atoms in total. The number of nitriles is 2. The van der Waals surface area contributed by atoms with E-state index >= 15 is 0 Å². The molecule has 0 aliphatic carbocycles. The zero-order chi connectivity index (χ0) is 34.4. The summed E-state index contributed by atoms with van der Waals surface area (Å²) in [4.78, 5) is 36.7. The third kappa shape index (κ3) is 14.5. The van der Waals surface area contributed by atoms with Crippen LogP contribution in [0.1, 0.15) is 66.0 Å². The number of carbonyl (C=O) groups is 2. The van der Waals surface area contributed by atoms with Gasteiger partial charge in [-0.1, -0.05) is 43.3 Å². The molecule has 2 atom stereocenters. The Kier molecular flexibility index (Phi) is 17.2. The van der Waals surface area contributed by atoms with Crippen LogP contribution in [0.5, 0.6) is 0 Å². The summed E-state index contributed by atoms with van der Waals surface area (Å²) in [6.45, 7) is 4.55. The number of pyridine rings is 3. The molecule has 0 aliphatic heterocycles. The third-order valence-corrected chi connectivity index (χ3v) is 7.00. The van der Waals surface area contributed by atoms with Gasteiger partial charge in [0.2, 0.25) is 5.91 Å². The quantitative estimate of drug-likeness (QED) is 0.178. The molecule has 7 N–H and O–H groups in total.